The smallest absolute Gasteiger partial charge is 0.180 e. The minimum absolute atomic E-state index is 0.414. The largest absolute Gasteiger partial charge is 0.493 e. The van der Waals surface area contributed by atoms with Crippen LogP contribution in [0.3, 0.4) is 0 Å². The highest BCUT2D eigenvalue weighted by atomic mass is 35.5. The Kier molecular flexibility index (Phi) is 7.31. The van der Waals surface area contributed by atoms with Crippen LogP contribution in [-0.4, -0.2) is 18.8 Å². The standard InChI is InChI=1S/C23H24ClNO3/c1-27-22-13-18(14-25-15-21(26)19-10-6-3-7-11-19)12-20(24)23(22)28-16-17-8-4-2-5-9-17/h2-13,21,25-26H,14-16H2,1H3. The highest BCUT2D eigenvalue weighted by Crippen LogP contribution is 2.37. The molecule has 0 aliphatic carbocycles. The van der Waals surface area contributed by atoms with Crippen molar-refractivity contribution in [3.05, 3.63) is 94.5 Å². The van der Waals surface area contributed by atoms with Gasteiger partial charge in [-0.3, -0.25) is 0 Å². The first-order valence-corrected chi connectivity index (χ1v) is 9.52. The number of hydrogen-bond donors (Lipinski definition) is 2. The van der Waals surface area contributed by atoms with Gasteiger partial charge >= 0.3 is 0 Å². The average Bonchev–Trinajstić information content (AvgIpc) is 2.74. The molecule has 1 atom stereocenters. The van der Waals surface area contributed by atoms with Gasteiger partial charge in [0, 0.05) is 13.1 Å². The number of rotatable bonds is 9. The fourth-order valence-corrected chi connectivity index (χ4v) is 3.18. The van der Waals surface area contributed by atoms with Gasteiger partial charge in [-0.2, -0.15) is 0 Å². The molecular formula is C23H24ClNO3. The molecule has 0 spiro atoms. The van der Waals surface area contributed by atoms with Gasteiger partial charge < -0.3 is 19.9 Å². The Bertz CT molecular complexity index is 872. The molecule has 0 bridgehead atoms. The summed E-state index contributed by atoms with van der Waals surface area (Å²) >= 11 is 6.43. The van der Waals surface area contributed by atoms with Crippen molar-refractivity contribution in [3.63, 3.8) is 0 Å². The average molecular weight is 398 g/mol. The van der Waals surface area contributed by atoms with Crippen LogP contribution in [0.15, 0.2) is 72.8 Å². The second kappa shape index (κ2) is 10.1. The Hall–Kier alpha value is -2.53. The van der Waals surface area contributed by atoms with Crippen LogP contribution in [0.25, 0.3) is 0 Å². The lowest BCUT2D eigenvalue weighted by Crippen LogP contribution is -2.21. The van der Waals surface area contributed by atoms with E-state index in [-0.39, 0.29) is 0 Å². The van der Waals surface area contributed by atoms with Gasteiger partial charge in [-0.05, 0) is 28.8 Å². The Labute approximate surface area is 170 Å². The van der Waals surface area contributed by atoms with Gasteiger partial charge in [-0.25, -0.2) is 0 Å². The molecule has 1 unspecified atom stereocenters. The Morgan fingerprint density at radius 3 is 2.32 bits per heavy atom. The van der Waals surface area contributed by atoms with Gasteiger partial charge in [0.1, 0.15) is 6.61 Å². The van der Waals surface area contributed by atoms with Crippen molar-refractivity contribution < 1.29 is 14.6 Å². The molecule has 0 radical (unpaired) electrons. The van der Waals surface area contributed by atoms with Crippen molar-refractivity contribution in [1.82, 2.24) is 5.32 Å². The zero-order valence-corrected chi connectivity index (χ0v) is 16.5. The number of methoxy groups -OCH3 is 1. The molecule has 0 aromatic heterocycles. The summed E-state index contributed by atoms with van der Waals surface area (Å²) in [5.41, 5.74) is 2.89. The second-order valence-corrected chi connectivity index (χ2v) is 6.85. The summed E-state index contributed by atoms with van der Waals surface area (Å²) in [7, 11) is 1.59. The summed E-state index contributed by atoms with van der Waals surface area (Å²) in [4.78, 5) is 0. The van der Waals surface area contributed by atoms with E-state index in [0.717, 1.165) is 16.7 Å². The number of aliphatic hydroxyl groups excluding tert-OH is 1. The maximum Gasteiger partial charge on any atom is 0.180 e. The molecule has 0 amide bonds. The van der Waals surface area contributed by atoms with E-state index in [0.29, 0.717) is 36.2 Å². The maximum absolute atomic E-state index is 10.2. The van der Waals surface area contributed by atoms with E-state index >= 15 is 0 Å². The molecule has 0 heterocycles. The van der Waals surface area contributed by atoms with E-state index in [9.17, 15) is 5.11 Å². The lowest BCUT2D eigenvalue weighted by molar-refractivity contribution is 0.174. The molecule has 146 valence electrons. The van der Waals surface area contributed by atoms with Gasteiger partial charge in [0.05, 0.1) is 18.2 Å². The maximum atomic E-state index is 10.2. The van der Waals surface area contributed by atoms with Crippen molar-refractivity contribution in [3.8, 4) is 11.5 Å². The molecule has 28 heavy (non-hydrogen) atoms. The Balaban J connectivity index is 1.60. The summed E-state index contributed by atoms with van der Waals surface area (Å²) in [5.74, 6) is 1.12. The molecule has 3 aromatic carbocycles. The normalized spacial score (nSPS) is 11.8. The zero-order chi connectivity index (χ0) is 19.8. The molecule has 2 N–H and O–H groups in total. The molecule has 4 nitrogen and oxygen atoms in total. The van der Waals surface area contributed by atoms with E-state index < -0.39 is 6.10 Å². The SMILES string of the molecule is COc1cc(CNCC(O)c2ccccc2)cc(Cl)c1OCc1ccccc1. The van der Waals surface area contributed by atoms with E-state index in [1.807, 2.05) is 72.8 Å². The lowest BCUT2D eigenvalue weighted by Gasteiger charge is -2.16. The third-order valence-corrected chi connectivity index (χ3v) is 4.65. The van der Waals surface area contributed by atoms with Crippen LogP contribution in [0.2, 0.25) is 5.02 Å². The summed E-state index contributed by atoms with van der Waals surface area (Å²) in [6, 6.07) is 23.2. The van der Waals surface area contributed by atoms with Crippen LogP contribution in [0.5, 0.6) is 11.5 Å². The van der Waals surface area contributed by atoms with Gasteiger partial charge in [-0.1, -0.05) is 72.3 Å². The lowest BCUT2D eigenvalue weighted by atomic mass is 10.1. The first-order valence-electron chi connectivity index (χ1n) is 9.14. The van der Waals surface area contributed by atoms with Gasteiger partial charge in [0.2, 0.25) is 0 Å². The fourth-order valence-electron chi connectivity index (χ4n) is 2.89. The Morgan fingerprint density at radius 1 is 0.964 bits per heavy atom. The second-order valence-electron chi connectivity index (χ2n) is 6.44. The minimum Gasteiger partial charge on any atom is -0.493 e. The number of nitrogens with one attached hydrogen (secondary N) is 1. The molecule has 3 aromatic rings. The van der Waals surface area contributed by atoms with E-state index in [1.54, 1.807) is 7.11 Å². The molecule has 0 saturated carbocycles. The van der Waals surface area contributed by atoms with E-state index in [4.69, 9.17) is 21.1 Å². The highest BCUT2D eigenvalue weighted by molar-refractivity contribution is 6.32. The molecule has 0 fully saturated rings. The quantitative estimate of drug-likeness (QED) is 0.547. The third-order valence-electron chi connectivity index (χ3n) is 4.37. The number of benzene rings is 3. The van der Waals surface area contributed by atoms with Crippen LogP contribution in [0.4, 0.5) is 0 Å². The molecule has 0 saturated heterocycles. The summed E-state index contributed by atoms with van der Waals surface area (Å²) in [6.07, 6.45) is -0.563. The molecular weight excluding hydrogens is 374 g/mol. The predicted molar refractivity (Wildman–Crippen MR) is 112 cm³/mol. The van der Waals surface area contributed by atoms with Crippen LogP contribution in [0.1, 0.15) is 22.8 Å². The summed E-state index contributed by atoms with van der Waals surface area (Å²) < 4.78 is 11.3. The molecule has 0 aliphatic rings. The summed E-state index contributed by atoms with van der Waals surface area (Å²) in [5, 5.41) is 14.0. The van der Waals surface area contributed by atoms with Crippen LogP contribution >= 0.6 is 11.6 Å². The van der Waals surface area contributed by atoms with Crippen LogP contribution in [0, 0.1) is 0 Å². The highest BCUT2D eigenvalue weighted by Gasteiger charge is 2.13. The number of aliphatic hydroxyl groups is 1. The van der Waals surface area contributed by atoms with Gasteiger partial charge in [0.15, 0.2) is 11.5 Å². The molecule has 0 aliphatic heterocycles. The number of ether oxygens (including phenoxy) is 2. The topological polar surface area (TPSA) is 50.7 Å². The first-order chi connectivity index (χ1) is 13.7. The van der Waals surface area contributed by atoms with Crippen molar-refractivity contribution >= 4 is 11.6 Å². The molecule has 3 rings (SSSR count). The van der Waals surface area contributed by atoms with E-state index in [1.165, 1.54) is 0 Å². The number of hydrogen-bond acceptors (Lipinski definition) is 4. The van der Waals surface area contributed by atoms with E-state index in [2.05, 4.69) is 5.32 Å². The van der Waals surface area contributed by atoms with Crippen molar-refractivity contribution in [2.45, 2.75) is 19.3 Å². The molecule has 5 heteroatoms. The fraction of sp³-hybridized carbons (Fsp3) is 0.217. The van der Waals surface area contributed by atoms with Gasteiger partial charge in [0.25, 0.3) is 0 Å². The van der Waals surface area contributed by atoms with Crippen molar-refractivity contribution in [2.24, 2.45) is 0 Å². The van der Waals surface area contributed by atoms with Crippen LogP contribution < -0.4 is 14.8 Å². The number of halogens is 1. The summed E-state index contributed by atoms with van der Waals surface area (Å²) in [6.45, 7) is 1.41. The Morgan fingerprint density at radius 2 is 1.64 bits per heavy atom. The van der Waals surface area contributed by atoms with Crippen LogP contribution in [-0.2, 0) is 13.2 Å². The van der Waals surface area contributed by atoms with Crippen molar-refractivity contribution in [1.29, 1.82) is 0 Å². The first kappa shape index (κ1) is 20.2. The monoisotopic (exact) mass is 397 g/mol. The predicted octanol–water partition coefficient (Wildman–Crippen LogP) is 4.75. The van der Waals surface area contributed by atoms with Gasteiger partial charge in [-0.15, -0.1) is 0 Å². The van der Waals surface area contributed by atoms with Crippen molar-refractivity contribution in [2.75, 3.05) is 13.7 Å². The zero-order valence-electron chi connectivity index (χ0n) is 15.8. The third kappa shape index (κ3) is 5.49. The minimum atomic E-state index is -0.563.